The molecule has 0 aliphatic rings. The lowest BCUT2D eigenvalue weighted by Gasteiger charge is -2.09. The number of fused-ring (bicyclic) bond motifs is 1. The zero-order valence-corrected chi connectivity index (χ0v) is 10.6. The minimum absolute atomic E-state index is 0.0376. The van der Waals surface area contributed by atoms with Crippen LogP contribution in [0.3, 0.4) is 0 Å². The third kappa shape index (κ3) is 3.10. The van der Waals surface area contributed by atoms with Crippen molar-refractivity contribution in [3.63, 3.8) is 0 Å². The summed E-state index contributed by atoms with van der Waals surface area (Å²) < 4.78 is 0. The first-order valence-electron chi connectivity index (χ1n) is 6.12. The maximum absolute atomic E-state index is 12.0. The van der Waals surface area contributed by atoms with Crippen molar-refractivity contribution < 1.29 is 19.8 Å². The van der Waals surface area contributed by atoms with E-state index in [4.69, 9.17) is 10.2 Å². The fourth-order valence-electron chi connectivity index (χ4n) is 1.84. The molecule has 2 rings (SSSR count). The summed E-state index contributed by atoms with van der Waals surface area (Å²) in [5.74, 6) is -1.62. The van der Waals surface area contributed by atoms with Crippen LogP contribution in [0.4, 0.5) is 0 Å². The number of pyridine rings is 1. The molecule has 0 fully saturated rings. The molecule has 0 unspecified atom stereocenters. The van der Waals surface area contributed by atoms with Gasteiger partial charge in [0.15, 0.2) is 6.10 Å². The third-order valence-corrected chi connectivity index (χ3v) is 2.88. The molecular formula is C14H14N2O4. The number of rotatable bonds is 5. The van der Waals surface area contributed by atoms with Gasteiger partial charge in [-0.05, 0) is 18.2 Å². The second-order valence-electron chi connectivity index (χ2n) is 4.27. The van der Waals surface area contributed by atoms with Crippen molar-refractivity contribution in [2.45, 2.75) is 12.5 Å². The van der Waals surface area contributed by atoms with Gasteiger partial charge < -0.3 is 15.5 Å². The zero-order chi connectivity index (χ0) is 14.5. The molecule has 0 saturated carbocycles. The Morgan fingerprint density at radius 3 is 2.80 bits per heavy atom. The summed E-state index contributed by atoms with van der Waals surface area (Å²) in [6.07, 6.45) is 0.140. The minimum Gasteiger partial charge on any atom is -0.479 e. The fourth-order valence-corrected chi connectivity index (χ4v) is 1.84. The van der Waals surface area contributed by atoms with Crippen LogP contribution in [0.1, 0.15) is 16.8 Å². The molecule has 1 aromatic heterocycles. The van der Waals surface area contributed by atoms with Crippen LogP contribution >= 0.6 is 0 Å². The Labute approximate surface area is 115 Å². The van der Waals surface area contributed by atoms with Crippen molar-refractivity contribution >= 4 is 22.8 Å². The number of aromatic nitrogens is 1. The largest absolute Gasteiger partial charge is 0.479 e. The molecule has 2 aromatic rings. The number of carboxylic acids is 1. The number of nitrogens with one attached hydrogen (secondary N) is 1. The van der Waals surface area contributed by atoms with Crippen LogP contribution in [0, 0.1) is 0 Å². The number of hydrogen-bond donors (Lipinski definition) is 3. The van der Waals surface area contributed by atoms with Gasteiger partial charge in [0, 0.05) is 30.1 Å². The molecule has 1 aromatic carbocycles. The highest BCUT2D eigenvalue weighted by Gasteiger charge is 2.14. The molecule has 6 nitrogen and oxygen atoms in total. The Morgan fingerprint density at radius 1 is 1.25 bits per heavy atom. The van der Waals surface area contributed by atoms with Crippen LogP contribution in [0.25, 0.3) is 10.9 Å². The molecule has 3 N–H and O–H groups in total. The van der Waals surface area contributed by atoms with Crippen LogP contribution < -0.4 is 5.32 Å². The maximum Gasteiger partial charge on any atom is 0.332 e. The smallest absolute Gasteiger partial charge is 0.332 e. The lowest BCUT2D eigenvalue weighted by atomic mass is 10.1. The number of benzene rings is 1. The van der Waals surface area contributed by atoms with Crippen LogP contribution in [0.2, 0.25) is 0 Å². The van der Waals surface area contributed by atoms with E-state index in [9.17, 15) is 9.59 Å². The number of aliphatic hydroxyl groups excluding tert-OH is 1. The van der Waals surface area contributed by atoms with E-state index in [0.29, 0.717) is 11.1 Å². The molecule has 0 saturated heterocycles. The van der Waals surface area contributed by atoms with E-state index in [1.54, 1.807) is 36.5 Å². The first-order chi connectivity index (χ1) is 9.59. The zero-order valence-electron chi connectivity index (χ0n) is 10.6. The molecule has 0 bridgehead atoms. The molecular weight excluding hydrogens is 260 g/mol. The van der Waals surface area contributed by atoms with Crippen molar-refractivity contribution in [3.8, 4) is 0 Å². The highest BCUT2D eigenvalue weighted by molar-refractivity contribution is 6.06. The van der Waals surface area contributed by atoms with Crippen molar-refractivity contribution in [1.82, 2.24) is 10.3 Å². The average molecular weight is 274 g/mol. The highest BCUT2D eigenvalue weighted by atomic mass is 16.4. The van der Waals surface area contributed by atoms with E-state index in [1.807, 2.05) is 0 Å². The predicted octanol–water partition coefficient (Wildman–Crippen LogP) is 0.800. The Kier molecular flexibility index (Phi) is 4.27. The summed E-state index contributed by atoms with van der Waals surface area (Å²) in [6, 6.07) is 8.75. The van der Waals surface area contributed by atoms with Gasteiger partial charge in [0.1, 0.15) is 0 Å². The lowest BCUT2D eigenvalue weighted by Crippen LogP contribution is -2.30. The predicted molar refractivity (Wildman–Crippen MR) is 72.3 cm³/mol. The van der Waals surface area contributed by atoms with Gasteiger partial charge in [0.2, 0.25) is 0 Å². The molecule has 1 heterocycles. The van der Waals surface area contributed by atoms with Crippen molar-refractivity contribution in [2.75, 3.05) is 6.54 Å². The third-order valence-electron chi connectivity index (χ3n) is 2.88. The van der Waals surface area contributed by atoms with Gasteiger partial charge in [-0.1, -0.05) is 12.1 Å². The number of carbonyl (C=O) groups excluding carboxylic acids is 1. The normalized spacial score (nSPS) is 12.1. The molecule has 1 amide bonds. The van der Waals surface area contributed by atoms with E-state index in [-0.39, 0.29) is 18.9 Å². The topological polar surface area (TPSA) is 99.5 Å². The molecule has 20 heavy (non-hydrogen) atoms. The highest BCUT2D eigenvalue weighted by Crippen LogP contribution is 2.16. The Bertz CT molecular complexity index is 637. The summed E-state index contributed by atoms with van der Waals surface area (Å²) in [6.45, 7) is 0.0863. The van der Waals surface area contributed by atoms with E-state index in [1.165, 1.54) is 0 Å². The SMILES string of the molecule is O=C(NCC[C@H](O)C(=O)O)c1cccc2ncccc12. The number of aliphatic carboxylic acids is 1. The van der Waals surface area contributed by atoms with Gasteiger partial charge in [0.05, 0.1) is 5.52 Å². The summed E-state index contributed by atoms with van der Waals surface area (Å²) in [7, 11) is 0. The molecule has 0 aliphatic heterocycles. The lowest BCUT2D eigenvalue weighted by molar-refractivity contribution is -0.146. The number of hydrogen-bond acceptors (Lipinski definition) is 4. The van der Waals surface area contributed by atoms with Gasteiger partial charge >= 0.3 is 5.97 Å². The molecule has 0 spiro atoms. The second kappa shape index (κ2) is 6.12. The number of carboxylic acid groups (broad SMARTS) is 1. The number of carbonyl (C=O) groups is 2. The van der Waals surface area contributed by atoms with E-state index in [2.05, 4.69) is 10.3 Å². The molecule has 0 aliphatic carbocycles. The van der Waals surface area contributed by atoms with Crippen LogP contribution in [0.5, 0.6) is 0 Å². The number of aliphatic hydroxyl groups is 1. The Balaban J connectivity index is 2.06. The molecule has 104 valence electrons. The van der Waals surface area contributed by atoms with Gasteiger partial charge in [-0.25, -0.2) is 4.79 Å². The number of nitrogens with zero attached hydrogens (tertiary/aromatic N) is 1. The monoisotopic (exact) mass is 274 g/mol. The van der Waals surface area contributed by atoms with Crippen molar-refractivity contribution in [1.29, 1.82) is 0 Å². The second-order valence-corrected chi connectivity index (χ2v) is 4.27. The summed E-state index contributed by atoms with van der Waals surface area (Å²) in [5, 5.41) is 21.0. The summed E-state index contributed by atoms with van der Waals surface area (Å²) >= 11 is 0. The minimum atomic E-state index is -1.47. The maximum atomic E-state index is 12.0. The van der Waals surface area contributed by atoms with Gasteiger partial charge in [-0.3, -0.25) is 9.78 Å². The Morgan fingerprint density at radius 2 is 2.05 bits per heavy atom. The van der Waals surface area contributed by atoms with E-state index in [0.717, 1.165) is 5.39 Å². The average Bonchev–Trinajstić information content (AvgIpc) is 2.46. The summed E-state index contributed by atoms with van der Waals surface area (Å²) in [4.78, 5) is 26.6. The quantitative estimate of drug-likeness (QED) is 0.749. The molecule has 1 atom stereocenters. The molecule has 0 radical (unpaired) electrons. The van der Waals surface area contributed by atoms with Crippen molar-refractivity contribution in [2.24, 2.45) is 0 Å². The first-order valence-corrected chi connectivity index (χ1v) is 6.12. The Hall–Kier alpha value is -2.47. The van der Waals surface area contributed by atoms with E-state index < -0.39 is 12.1 Å². The van der Waals surface area contributed by atoms with Crippen LogP contribution in [-0.2, 0) is 4.79 Å². The number of amides is 1. The summed E-state index contributed by atoms with van der Waals surface area (Å²) in [5.41, 5.74) is 1.19. The standard InChI is InChI=1S/C14H14N2O4/c17-12(14(19)20)6-8-16-13(18)10-3-1-5-11-9(10)4-2-7-15-11/h1-5,7,12,17H,6,8H2,(H,16,18)(H,19,20)/t12-/m0/s1. The van der Waals surface area contributed by atoms with Gasteiger partial charge in [-0.2, -0.15) is 0 Å². The van der Waals surface area contributed by atoms with Crippen LogP contribution in [-0.4, -0.2) is 39.7 Å². The van der Waals surface area contributed by atoms with Crippen molar-refractivity contribution in [3.05, 3.63) is 42.1 Å². The van der Waals surface area contributed by atoms with E-state index >= 15 is 0 Å². The van der Waals surface area contributed by atoms with Gasteiger partial charge in [-0.15, -0.1) is 0 Å². The van der Waals surface area contributed by atoms with Crippen LogP contribution in [0.15, 0.2) is 36.5 Å². The first kappa shape index (κ1) is 14.0. The molecule has 6 heteroatoms. The fraction of sp³-hybridized carbons (Fsp3) is 0.214. The van der Waals surface area contributed by atoms with Gasteiger partial charge in [0.25, 0.3) is 5.91 Å².